The third-order valence-corrected chi connectivity index (χ3v) is 10.1. The van der Waals surface area contributed by atoms with Gasteiger partial charge in [0.05, 0.1) is 13.2 Å². The van der Waals surface area contributed by atoms with Crippen LogP contribution in [0.1, 0.15) is 194 Å². The summed E-state index contributed by atoms with van der Waals surface area (Å²) in [7, 11) is 0. The summed E-state index contributed by atoms with van der Waals surface area (Å²) in [6.07, 6.45) is 55.8. The molecule has 2 atom stereocenters. The second-order valence-electron chi connectivity index (χ2n) is 14.9. The van der Waals surface area contributed by atoms with E-state index in [9.17, 15) is 0 Å². The van der Waals surface area contributed by atoms with Crippen molar-refractivity contribution in [3.05, 3.63) is 48.6 Å². The fourth-order valence-electron chi connectivity index (χ4n) is 6.74. The molecule has 1 saturated heterocycles. The van der Waals surface area contributed by atoms with Crippen LogP contribution in [0, 0.1) is 11.8 Å². The highest BCUT2D eigenvalue weighted by molar-refractivity contribution is 4.93. The van der Waals surface area contributed by atoms with Crippen LogP contribution in [0.2, 0.25) is 0 Å². The molecule has 3 nitrogen and oxygen atoms in total. The smallest absolute Gasteiger partial charge is 0.0510 e. The molecule has 1 rings (SSSR count). The van der Waals surface area contributed by atoms with Crippen LogP contribution in [-0.2, 0) is 9.47 Å². The number of hydrogen-bond donors (Lipinski definition) is 1. The van der Waals surface area contributed by atoms with Gasteiger partial charge in [-0.05, 0) is 77.0 Å². The number of hydrogen-bond acceptors (Lipinski definition) is 3. The molecular weight excluding hydrogens is 599 g/mol. The third-order valence-electron chi connectivity index (χ3n) is 10.1. The Bertz CT molecular complexity index is 694. The van der Waals surface area contributed by atoms with E-state index in [-0.39, 0.29) is 0 Å². The zero-order chi connectivity index (χ0) is 35.0. The molecule has 0 aromatic rings. The van der Waals surface area contributed by atoms with Gasteiger partial charge in [-0.15, -0.1) is 0 Å². The van der Waals surface area contributed by atoms with E-state index in [2.05, 4.69) is 67.8 Å². The van der Waals surface area contributed by atoms with Crippen molar-refractivity contribution in [2.75, 3.05) is 39.5 Å². The predicted molar refractivity (Wildman–Crippen MR) is 219 cm³/mol. The summed E-state index contributed by atoms with van der Waals surface area (Å²) in [5.74, 6) is 1.24. The van der Waals surface area contributed by atoms with Crippen LogP contribution in [0.4, 0.5) is 0 Å². The van der Waals surface area contributed by atoms with Crippen molar-refractivity contribution in [1.82, 2.24) is 5.32 Å². The molecule has 0 amide bonds. The standard InChI is InChI=1S/C46H85NO2/c1-3-5-7-9-11-13-15-17-19-21-23-25-27-29-31-33-35-37-39-48-43-45-41-47-42-46(45)44-49-40-38-36-34-32-30-28-26-24-22-20-18-16-14-12-10-8-6-4-2/h11-14,17-20,45-47H,3-10,15-16,21-44H2,1-2H3/b13-11-,14-12-,19-17-,20-18-/t45-,46-/m1/s1. The Morgan fingerprint density at radius 1 is 0.388 bits per heavy atom. The molecular formula is C46H85NO2. The van der Waals surface area contributed by atoms with Crippen LogP contribution in [0.3, 0.4) is 0 Å². The Kier molecular flexibility index (Phi) is 37.1. The minimum Gasteiger partial charge on any atom is -0.381 e. The first-order valence-electron chi connectivity index (χ1n) is 21.8. The molecule has 1 aliphatic heterocycles. The van der Waals surface area contributed by atoms with Crippen LogP contribution in [0.15, 0.2) is 48.6 Å². The Morgan fingerprint density at radius 3 is 1.04 bits per heavy atom. The normalized spacial score (nSPS) is 16.9. The maximum atomic E-state index is 6.11. The summed E-state index contributed by atoms with van der Waals surface area (Å²) in [5, 5.41) is 3.57. The first kappa shape index (κ1) is 45.9. The van der Waals surface area contributed by atoms with Crippen LogP contribution < -0.4 is 5.32 Å². The van der Waals surface area contributed by atoms with Gasteiger partial charge in [0.2, 0.25) is 0 Å². The first-order chi connectivity index (χ1) is 24.4. The lowest BCUT2D eigenvalue weighted by molar-refractivity contribution is 0.0482. The molecule has 1 fully saturated rings. The van der Waals surface area contributed by atoms with Crippen LogP contribution >= 0.6 is 0 Å². The molecule has 3 heteroatoms. The summed E-state index contributed by atoms with van der Waals surface area (Å²) >= 11 is 0. The highest BCUT2D eigenvalue weighted by Crippen LogP contribution is 2.19. The molecule has 49 heavy (non-hydrogen) atoms. The summed E-state index contributed by atoms with van der Waals surface area (Å²) < 4.78 is 12.2. The topological polar surface area (TPSA) is 30.5 Å². The Balaban J connectivity index is 1.80. The van der Waals surface area contributed by atoms with Gasteiger partial charge in [0.25, 0.3) is 0 Å². The van der Waals surface area contributed by atoms with E-state index in [1.165, 1.54) is 167 Å². The average Bonchev–Trinajstić information content (AvgIpc) is 3.57. The Labute approximate surface area is 307 Å². The predicted octanol–water partition coefficient (Wildman–Crippen LogP) is 14.0. The zero-order valence-corrected chi connectivity index (χ0v) is 33.1. The van der Waals surface area contributed by atoms with Gasteiger partial charge < -0.3 is 14.8 Å². The number of nitrogens with one attached hydrogen (secondary N) is 1. The molecule has 0 aliphatic carbocycles. The molecule has 0 aromatic heterocycles. The van der Waals surface area contributed by atoms with E-state index in [1.54, 1.807) is 0 Å². The van der Waals surface area contributed by atoms with E-state index in [0.717, 1.165) is 52.4 Å². The molecule has 0 spiro atoms. The SMILES string of the molecule is CCCCC/C=C\C/C=C\CCCCCCCCCCOC[C@H]1CNC[C@@H]1COCCCCCCCCCC/C=C\C/C=C\CCCCC. The van der Waals surface area contributed by atoms with Crippen molar-refractivity contribution in [2.45, 2.75) is 194 Å². The van der Waals surface area contributed by atoms with Crippen LogP contribution in [0.25, 0.3) is 0 Å². The van der Waals surface area contributed by atoms with E-state index < -0.39 is 0 Å². The molecule has 0 aromatic carbocycles. The number of unbranched alkanes of at least 4 members (excludes halogenated alkanes) is 22. The van der Waals surface area contributed by atoms with Crippen molar-refractivity contribution in [3.63, 3.8) is 0 Å². The molecule has 0 saturated carbocycles. The van der Waals surface area contributed by atoms with Gasteiger partial charge in [-0.1, -0.05) is 165 Å². The average molecular weight is 684 g/mol. The lowest BCUT2D eigenvalue weighted by Crippen LogP contribution is -2.23. The van der Waals surface area contributed by atoms with E-state index >= 15 is 0 Å². The van der Waals surface area contributed by atoms with Crippen molar-refractivity contribution in [2.24, 2.45) is 11.8 Å². The van der Waals surface area contributed by atoms with Crippen molar-refractivity contribution >= 4 is 0 Å². The molecule has 1 aliphatic rings. The highest BCUT2D eigenvalue weighted by atomic mass is 16.5. The minimum atomic E-state index is 0.620. The van der Waals surface area contributed by atoms with E-state index in [1.807, 2.05) is 0 Å². The maximum Gasteiger partial charge on any atom is 0.0510 e. The van der Waals surface area contributed by atoms with Gasteiger partial charge in [0, 0.05) is 38.1 Å². The van der Waals surface area contributed by atoms with Crippen molar-refractivity contribution in [3.8, 4) is 0 Å². The van der Waals surface area contributed by atoms with Gasteiger partial charge in [0.15, 0.2) is 0 Å². The molecule has 0 unspecified atom stereocenters. The minimum absolute atomic E-state index is 0.620. The first-order valence-corrected chi connectivity index (χ1v) is 21.8. The lowest BCUT2D eigenvalue weighted by Gasteiger charge is -2.18. The quantitative estimate of drug-likeness (QED) is 0.0519. The summed E-state index contributed by atoms with van der Waals surface area (Å²) in [6, 6.07) is 0. The second-order valence-corrected chi connectivity index (χ2v) is 14.9. The Morgan fingerprint density at radius 2 is 0.694 bits per heavy atom. The lowest BCUT2D eigenvalue weighted by atomic mass is 9.98. The Hall–Kier alpha value is -1.16. The number of allylic oxidation sites excluding steroid dienone is 8. The van der Waals surface area contributed by atoms with Crippen molar-refractivity contribution < 1.29 is 9.47 Å². The fourth-order valence-corrected chi connectivity index (χ4v) is 6.74. The highest BCUT2D eigenvalue weighted by Gasteiger charge is 2.27. The molecule has 0 radical (unpaired) electrons. The van der Waals surface area contributed by atoms with Gasteiger partial charge in [0.1, 0.15) is 0 Å². The summed E-state index contributed by atoms with van der Waals surface area (Å²) in [4.78, 5) is 0. The summed E-state index contributed by atoms with van der Waals surface area (Å²) in [6.45, 7) is 10.4. The van der Waals surface area contributed by atoms with Gasteiger partial charge in [-0.3, -0.25) is 0 Å². The van der Waals surface area contributed by atoms with Crippen LogP contribution in [-0.4, -0.2) is 39.5 Å². The van der Waals surface area contributed by atoms with Crippen LogP contribution in [0.5, 0.6) is 0 Å². The van der Waals surface area contributed by atoms with Crippen molar-refractivity contribution in [1.29, 1.82) is 0 Å². The number of ether oxygens (including phenoxy) is 2. The largest absolute Gasteiger partial charge is 0.381 e. The monoisotopic (exact) mass is 684 g/mol. The van der Waals surface area contributed by atoms with Gasteiger partial charge >= 0.3 is 0 Å². The second kappa shape index (κ2) is 39.6. The third kappa shape index (κ3) is 33.7. The number of rotatable bonds is 38. The maximum absolute atomic E-state index is 6.11. The molecule has 0 bridgehead atoms. The fraction of sp³-hybridized carbons (Fsp3) is 0.826. The van der Waals surface area contributed by atoms with Gasteiger partial charge in [-0.25, -0.2) is 0 Å². The summed E-state index contributed by atoms with van der Waals surface area (Å²) in [5.41, 5.74) is 0. The molecule has 1 heterocycles. The molecule has 286 valence electrons. The molecule has 1 N–H and O–H groups in total. The van der Waals surface area contributed by atoms with Gasteiger partial charge in [-0.2, -0.15) is 0 Å². The van der Waals surface area contributed by atoms with E-state index in [0.29, 0.717) is 11.8 Å². The van der Waals surface area contributed by atoms with E-state index in [4.69, 9.17) is 9.47 Å². The zero-order valence-electron chi connectivity index (χ0n) is 33.1.